The molecule has 1 aromatic heterocycles. The number of carboxylic acids is 1. The van der Waals surface area contributed by atoms with Crippen LogP contribution in [0.25, 0.3) is 10.9 Å². The first-order valence-electron chi connectivity index (χ1n) is 9.21. The van der Waals surface area contributed by atoms with Crippen molar-refractivity contribution in [1.29, 1.82) is 0 Å². The maximum Gasteiger partial charge on any atom is 0.341 e. The van der Waals surface area contributed by atoms with E-state index < -0.39 is 28.6 Å². The van der Waals surface area contributed by atoms with Gasteiger partial charge in [-0.25, -0.2) is 13.6 Å². The number of aromatic nitrogens is 1. The van der Waals surface area contributed by atoms with Crippen molar-refractivity contribution in [2.24, 2.45) is 5.73 Å². The topological polar surface area (TPSA) is 88.6 Å². The normalized spacial score (nSPS) is 20.3. The molecule has 1 atom stereocenters. The first kappa shape index (κ1) is 17.9. The Bertz CT molecular complexity index is 985. The number of fused-ring (bicyclic) bond motifs is 1. The number of hydrogen-bond acceptors (Lipinski definition) is 4. The van der Waals surface area contributed by atoms with Crippen LogP contribution in [-0.2, 0) is 0 Å². The minimum atomic E-state index is -1.40. The molecule has 2 heterocycles. The molecule has 1 saturated heterocycles. The molecule has 144 valence electrons. The van der Waals surface area contributed by atoms with Crippen molar-refractivity contribution in [3.05, 3.63) is 39.7 Å². The Morgan fingerprint density at radius 2 is 2.00 bits per heavy atom. The molecule has 2 fully saturated rings. The van der Waals surface area contributed by atoms with Crippen LogP contribution in [-0.4, -0.2) is 34.8 Å². The van der Waals surface area contributed by atoms with Crippen LogP contribution in [0.4, 0.5) is 14.5 Å². The molecule has 1 aliphatic carbocycles. The number of carbonyl (C=O) groups is 1. The SMILES string of the molecule is NCC1CCCCN1c1c(F)cc2c(=O)c(C(=O)O)cn(C3CC3)c2c1F. The molecule has 1 saturated carbocycles. The fourth-order valence-electron chi connectivity index (χ4n) is 4.03. The lowest BCUT2D eigenvalue weighted by Crippen LogP contribution is -2.45. The van der Waals surface area contributed by atoms with Gasteiger partial charge in [0.2, 0.25) is 5.43 Å². The quantitative estimate of drug-likeness (QED) is 0.855. The fourth-order valence-corrected chi connectivity index (χ4v) is 4.03. The van der Waals surface area contributed by atoms with Gasteiger partial charge in [-0.1, -0.05) is 0 Å². The van der Waals surface area contributed by atoms with Crippen LogP contribution in [0.5, 0.6) is 0 Å². The molecule has 1 unspecified atom stereocenters. The molecule has 8 heteroatoms. The summed E-state index contributed by atoms with van der Waals surface area (Å²) in [6, 6.07) is 0.731. The van der Waals surface area contributed by atoms with Gasteiger partial charge in [-0.05, 0) is 38.2 Å². The molecule has 2 aliphatic rings. The fraction of sp³-hybridized carbons (Fsp3) is 0.474. The molecular weight excluding hydrogens is 356 g/mol. The van der Waals surface area contributed by atoms with Crippen LogP contribution in [0.3, 0.4) is 0 Å². The third kappa shape index (κ3) is 2.88. The second-order valence-corrected chi connectivity index (χ2v) is 7.31. The van der Waals surface area contributed by atoms with E-state index in [1.54, 1.807) is 4.90 Å². The Labute approximate surface area is 154 Å². The molecule has 1 aliphatic heterocycles. The highest BCUT2D eigenvalue weighted by atomic mass is 19.1. The van der Waals surface area contributed by atoms with Crippen molar-refractivity contribution in [3.63, 3.8) is 0 Å². The average molecular weight is 377 g/mol. The van der Waals surface area contributed by atoms with Crippen LogP contribution in [0.1, 0.15) is 48.5 Å². The maximum absolute atomic E-state index is 15.6. The molecule has 6 nitrogen and oxygen atoms in total. The van der Waals surface area contributed by atoms with E-state index in [9.17, 15) is 19.1 Å². The second kappa shape index (κ2) is 6.60. The standard InChI is InChI=1S/C19H21F2N3O3/c20-14-7-12-16(15(21)17(14)23-6-2-1-3-11(23)8-22)24(10-4-5-10)9-13(18(12)25)19(26)27/h7,9-11H,1-6,8,22H2,(H,26,27). The molecule has 4 rings (SSSR count). The smallest absolute Gasteiger partial charge is 0.341 e. The zero-order chi connectivity index (χ0) is 19.3. The highest BCUT2D eigenvalue weighted by molar-refractivity contribution is 5.94. The highest BCUT2D eigenvalue weighted by Gasteiger charge is 2.32. The monoisotopic (exact) mass is 377 g/mol. The van der Waals surface area contributed by atoms with Crippen molar-refractivity contribution in [1.82, 2.24) is 4.57 Å². The summed E-state index contributed by atoms with van der Waals surface area (Å²) in [6.07, 6.45) is 5.22. The van der Waals surface area contributed by atoms with E-state index >= 15 is 4.39 Å². The summed E-state index contributed by atoms with van der Waals surface area (Å²) in [4.78, 5) is 25.6. The molecule has 2 aromatic rings. The van der Waals surface area contributed by atoms with Crippen LogP contribution < -0.4 is 16.1 Å². The second-order valence-electron chi connectivity index (χ2n) is 7.31. The minimum absolute atomic E-state index is 0.0229. The molecule has 0 spiro atoms. The van der Waals surface area contributed by atoms with Gasteiger partial charge in [0.15, 0.2) is 5.82 Å². The zero-order valence-electron chi connectivity index (χ0n) is 14.8. The van der Waals surface area contributed by atoms with Gasteiger partial charge in [0.05, 0.1) is 10.9 Å². The summed E-state index contributed by atoms with van der Waals surface area (Å²) in [5, 5.41) is 9.06. The van der Waals surface area contributed by atoms with Crippen LogP contribution in [0, 0.1) is 11.6 Å². The zero-order valence-corrected chi connectivity index (χ0v) is 14.8. The highest BCUT2D eigenvalue weighted by Crippen LogP contribution is 2.40. The lowest BCUT2D eigenvalue weighted by molar-refractivity contribution is 0.0695. The van der Waals surface area contributed by atoms with Gasteiger partial charge < -0.3 is 20.3 Å². The summed E-state index contributed by atoms with van der Waals surface area (Å²) in [6.45, 7) is 0.770. The first-order valence-corrected chi connectivity index (χ1v) is 9.21. The molecule has 0 radical (unpaired) electrons. The number of carboxylic acid groups (broad SMARTS) is 1. The number of anilines is 1. The van der Waals surface area contributed by atoms with E-state index in [2.05, 4.69) is 0 Å². The van der Waals surface area contributed by atoms with Crippen molar-refractivity contribution in [3.8, 4) is 0 Å². The molecular formula is C19H21F2N3O3. The number of halogens is 2. The van der Waals surface area contributed by atoms with E-state index in [4.69, 9.17) is 5.73 Å². The van der Waals surface area contributed by atoms with Crippen molar-refractivity contribution < 1.29 is 18.7 Å². The number of hydrogen-bond donors (Lipinski definition) is 2. The van der Waals surface area contributed by atoms with Gasteiger partial charge in [-0.3, -0.25) is 4.79 Å². The number of rotatable bonds is 4. The van der Waals surface area contributed by atoms with Crippen molar-refractivity contribution in [2.45, 2.75) is 44.2 Å². The van der Waals surface area contributed by atoms with Gasteiger partial charge in [-0.15, -0.1) is 0 Å². The number of nitrogens with zero attached hydrogens (tertiary/aromatic N) is 2. The summed E-state index contributed by atoms with van der Waals surface area (Å²) >= 11 is 0. The molecule has 27 heavy (non-hydrogen) atoms. The molecule has 0 bridgehead atoms. The Morgan fingerprint density at radius 3 is 2.63 bits per heavy atom. The third-order valence-electron chi connectivity index (χ3n) is 5.54. The van der Waals surface area contributed by atoms with Crippen molar-refractivity contribution >= 4 is 22.6 Å². The summed E-state index contributed by atoms with van der Waals surface area (Å²) < 4.78 is 32.0. The Morgan fingerprint density at radius 1 is 1.26 bits per heavy atom. The molecule has 1 aromatic carbocycles. The first-order chi connectivity index (χ1) is 12.9. The number of piperidine rings is 1. The van der Waals surface area contributed by atoms with Gasteiger partial charge >= 0.3 is 5.97 Å². The van der Waals surface area contributed by atoms with Gasteiger partial charge in [0, 0.05) is 31.4 Å². The number of nitrogens with two attached hydrogens (primary N) is 1. The Balaban J connectivity index is 2.01. The summed E-state index contributed by atoms with van der Waals surface area (Å²) in [5.74, 6) is -3.07. The van der Waals surface area contributed by atoms with E-state index in [0.717, 1.165) is 38.2 Å². The van der Waals surface area contributed by atoms with E-state index in [1.165, 1.54) is 10.8 Å². The van der Waals surface area contributed by atoms with E-state index in [0.29, 0.717) is 6.54 Å². The van der Waals surface area contributed by atoms with Crippen LogP contribution in [0.15, 0.2) is 17.1 Å². The van der Waals surface area contributed by atoms with Crippen LogP contribution in [0.2, 0.25) is 0 Å². The number of aromatic carboxylic acids is 1. The van der Waals surface area contributed by atoms with E-state index in [1.807, 2.05) is 0 Å². The molecule has 0 amide bonds. The predicted molar refractivity (Wildman–Crippen MR) is 97.4 cm³/mol. The minimum Gasteiger partial charge on any atom is -0.477 e. The lowest BCUT2D eigenvalue weighted by atomic mass is 10.00. The van der Waals surface area contributed by atoms with Gasteiger partial charge in [0.1, 0.15) is 17.1 Å². The van der Waals surface area contributed by atoms with Gasteiger partial charge in [-0.2, -0.15) is 0 Å². The summed E-state index contributed by atoms with van der Waals surface area (Å²) in [7, 11) is 0. The maximum atomic E-state index is 15.6. The summed E-state index contributed by atoms with van der Waals surface area (Å²) in [5.41, 5.74) is 4.27. The predicted octanol–water partition coefficient (Wildman–Crippen LogP) is 2.63. The van der Waals surface area contributed by atoms with E-state index in [-0.39, 0.29) is 35.2 Å². The van der Waals surface area contributed by atoms with Gasteiger partial charge in [0.25, 0.3) is 0 Å². The number of benzene rings is 1. The lowest BCUT2D eigenvalue weighted by Gasteiger charge is -2.37. The Kier molecular flexibility index (Phi) is 4.38. The van der Waals surface area contributed by atoms with Crippen LogP contribution >= 0.6 is 0 Å². The molecule has 3 N–H and O–H groups in total. The third-order valence-corrected chi connectivity index (χ3v) is 5.54. The van der Waals surface area contributed by atoms with Crippen molar-refractivity contribution in [2.75, 3.05) is 18.0 Å². The Hall–Kier alpha value is -2.48. The largest absolute Gasteiger partial charge is 0.477 e. The average Bonchev–Trinajstić information content (AvgIpc) is 3.47. The number of pyridine rings is 1.